The Bertz CT molecular complexity index is 503. The molecule has 0 aliphatic carbocycles. The summed E-state index contributed by atoms with van der Waals surface area (Å²) in [5.41, 5.74) is 0.272. The van der Waals surface area contributed by atoms with Crippen molar-refractivity contribution in [1.82, 2.24) is 14.7 Å². The molecule has 1 aromatic rings. The van der Waals surface area contributed by atoms with Crippen LogP contribution in [0.15, 0.2) is 11.0 Å². The number of rotatable bonds is 7. The molecular weight excluding hydrogens is 296 g/mol. The van der Waals surface area contributed by atoms with E-state index in [0.717, 1.165) is 32.8 Å². The third-order valence-corrected chi connectivity index (χ3v) is 3.70. The average molecular weight is 317 g/mol. The predicted octanol–water partition coefficient (Wildman–Crippen LogP) is 0.287. The fraction of sp³-hybridized carbons (Fsp3) is 0.692. The molecule has 0 radical (unpaired) electrons. The van der Waals surface area contributed by atoms with Gasteiger partial charge in [0.2, 0.25) is 0 Å². The van der Waals surface area contributed by atoms with Crippen LogP contribution in [-0.2, 0) is 16.0 Å². The van der Waals surface area contributed by atoms with Gasteiger partial charge in [0.05, 0.1) is 38.2 Å². The Labute approximate surface area is 128 Å². The van der Waals surface area contributed by atoms with E-state index >= 15 is 0 Å². The van der Waals surface area contributed by atoms with Gasteiger partial charge in [0.25, 0.3) is 5.56 Å². The zero-order valence-electron chi connectivity index (χ0n) is 12.2. The second-order valence-electron chi connectivity index (χ2n) is 4.77. The molecule has 1 aliphatic heterocycles. The number of anilines is 1. The van der Waals surface area contributed by atoms with Crippen LogP contribution >= 0.6 is 11.6 Å². The second-order valence-corrected chi connectivity index (χ2v) is 5.15. The summed E-state index contributed by atoms with van der Waals surface area (Å²) >= 11 is 6.09. The molecule has 0 bridgehead atoms. The smallest absolute Gasteiger partial charge is 0.287 e. The Balaban J connectivity index is 1.88. The van der Waals surface area contributed by atoms with E-state index in [1.807, 2.05) is 0 Å². The van der Waals surface area contributed by atoms with E-state index in [1.54, 1.807) is 13.3 Å². The molecule has 1 saturated heterocycles. The lowest BCUT2D eigenvalue weighted by Gasteiger charge is -2.26. The van der Waals surface area contributed by atoms with Crippen molar-refractivity contribution in [2.75, 3.05) is 58.4 Å². The quantitative estimate of drug-likeness (QED) is 0.780. The normalized spacial score (nSPS) is 16.1. The van der Waals surface area contributed by atoms with Crippen molar-refractivity contribution in [3.05, 3.63) is 21.6 Å². The number of aromatic nitrogens is 2. The summed E-state index contributed by atoms with van der Waals surface area (Å²) in [6, 6.07) is 0. The number of morpholine rings is 1. The van der Waals surface area contributed by atoms with Crippen LogP contribution in [0.25, 0.3) is 0 Å². The van der Waals surface area contributed by atoms with Gasteiger partial charge in [0, 0.05) is 33.3 Å². The molecule has 0 atom stereocenters. The molecule has 1 aliphatic rings. The topological polar surface area (TPSA) is 68.6 Å². The minimum absolute atomic E-state index is 0.170. The van der Waals surface area contributed by atoms with E-state index in [9.17, 15) is 4.79 Å². The van der Waals surface area contributed by atoms with E-state index in [1.165, 1.54) is 4.68 Å². The summed E-state index contributed by atoms with van der Waals surface area (Å²) in [5.74, 6) is 0. The standard InChI is InChI=1S/C13H21ClN4O3/c1-20-7-6-18-13(19)12(14)11(10-16-18)15-2-3-17-4-8-21-9-5-17/h10,15H,2-9H2,1H3. The van der Waals surface area contributed by atoms with Crippen molar-refractivity contribution in [2.24, 2.45) is 0 Å². The number of halogens is 1. The van der Waals surface area contributed by atoms with Crippen LogP contribution in [0.5, 0.6) is 0 Å². The highest BCUT2D eigenvalue weighted by Gasteiger charge is 2.11. The molecule has 7 nitrogen and oxygen atoms in total. The van der Waals surface area contributed by atoms with Crippen LogP contribution < -0.4 is 10.9 Å². The predicted molar refractivity (Wildman–Crippen MR) is 81.1 cm³/mol. The first-order valence-electron chi connectivity index (χ1n) is 7.01. The minimum atomic E-state index is -0.301. The first kappa shape index (κ1) is 16.2. The molecule has 0 spiro atoms. The van der Waals surface area contributed by atoms with Crippen molar-refractivity contribution in [1.29, 1.82) is 0 Å². The number of ether oxygens (including phenoxy) is 2. The van der Waals surface area contributed by atoms with Gasteiger partial charge < -0.3 is 14.8 Å². The van der Waals surface area contributed by atoms with Crippen molar-refractivity contribution < 1.29 is 9.47 Å². The number of nitrogens with one attached hydrogen (secondary N) is 1. The van der Waals surface area contributed by atoms with Gasteiger partial charge in [-0.05, 0) is 0 Å². The maximum absolute atomic E-state index is 12.0. The number of hydrogen-bond donors (Lipinski definition) is 1. The lowest BCUT2D eigenvalue weighted by atomic mass is 10.4. The van der Waals surface area contributed by atoms with E-state index in [-0.39, 0.29) is 10.6 Å². The Morgan fingerprint density at radius 3 is 2.90 bits per heavy atom. The van der Waals surface area contributed by atoms with Crippen molar-refractivity contribution in [3.8, 4) is 0 Å². The molecule has 0 aromatic carbocycles. The highest BCUT2D eigenvalue weighted by molar-refractivity contribution is 6.32. The Hall–Kier alpha value is -1.15. The van der Waals surface area contributed by atoms with Gasteiger partial charge in [-0.2, -0.15) is 5.10 Å². The Morgan fingerprint density at radius 2 is 2.19 bits per heavy atom. The lowest BCUT2D eigenvalue weighted by Crippen LogP contribution is -2.39. The number of hydrogen-bond acceptors (Lipinski definition) is 6. The van der Waals surface area contributed by atoms with Crippen molar-refractivity contribution in [2.45, 2.75) is 6.54 Å². The van der Waals surface area contributed by atoms with Gasteiger partial charge >= 0.3 is 0 Å². The third kappa shape index (κ3) is 4.67. The van der Waals surface area contributed by atoms with Crippen LogP contribution in [0.2, 0.25) is 5.02 Å². The molecule has 8 heteroatoms. The SMILES string of the molecule is COCCn1ncc(NCCN2CCOCC2)c(Cl)c1=O. The monoisotopic (exact) mass is 316 g/mol. The fourth-order valence-electron chi connectivity index (χ4n) is 2.10. The van der Waals surface area contributed by atoms with E-state index in [0.29, 0.717) is 25.4 Å². The molecule has 1 N–H and O–H groups in total. The van der Waals surface area contributed by atoms with Gasteiger partial charge in [-0.1, -0.05) is 11.6 Å². The van der Waals surface area contributed by atoms with Crippen LogP contribution in [0.1, 0.15) is 0 Å². The zero-order valence-corrected chi connectivity index (χ0v) is 12.9. The minimum Gasteiger partial charge on any atom is -0.383 e. The lowest BCUT2D eigenvalue weighted by molar-refractivity contribution is 0.0398. The number of nitrogens with zero attached hydrogens (tertiary/aromatic N) is 3. The highest BCUT2D eigenvalue weighted by atomic mass is 35.5. The summed E-state index contributed by atoms with van der Waals surface area (Å²) in [5, 5.41) is 7.42. The summed E-state index contributed by atoms with van der Waals surface area (Å²) < 4.78 is 11.5. The highest BCUT2D eigenvalue weighted by Crippen LogP contribution is 2.14. The average Bonchev–Trinajstić information content (AvgIpc) is 2.52. The maximum Gasteiger partial charge on any atom is 0.287 e. The largest absolute Gasteiger partial charge is 0.383 e. The van der Waals surface area contributed by atoms with Crippen LogP contribution in [-0.4, -0.2) is 67.8 Å². The molecule has 2 heterocycles. The van der Waals surface area contributed by atoms with Crippen LogP contribution in [0.4, 0.5) is 5.69 Å². The molecule has 1 aromatic heterocycles. The van der Waals surface area contributed by atoms with Gasteiger partial charge in [-0.3, -0.25) is 9.69 Å². The fourth-order valence-corrected chi connectivity index (χ4v) is 2.31. The van der Waals surface area contributed by atoms with Crippen molar-refractivity contribution >= 4 is 17.3 Å². The maximum atomic E-state index is 12.0. The molecule has 1 fully saturated rings. The Kier molecular flexibility index (Phi) is 6.44. The summed E-state index contributed by atoms with van der Waals surface area (Å²) in [4.78, 5) is 14.3. The molecular formula is C13H21ClN4O3. The molecule has 118 valence electrons. The van der Waals surface area contributed by atoms with Gasteiger partial charge in [0.1, 0.15) is 5.02 Å². The van der Waals surface area contributed by atoms with Crippen LogP contribution in [0.3, 0.4) is 0 Å². The van der Waals surface area contributed by atoms with Gasteiger partial charge in [-0.15, -0.1) is 0 Å². The molecule has 2 rings (SSSR count). The second kappa shape index (κ2) is 8.33. The molecule has 0 saturated carbocycles. The van der Waals surface area contributed by atoms with Gasteiger partial charge in [0.15, 0.2) is 0 Å². The third-order valence-electron chi connectivity index (χ3n) is 3.34. The summed E-state index contributed by atoms with van der Waals surface area (Å²) in [6.45, 7) is 5.83. The Morgan fingerprint density at radius 1 is 1.43 bits per heavy atom. The number of methoxy groups -OCH3 is 1. The molecule has 0 unspecified atom stereocenters. The first-order valence-corrected chi connectivity index (χ1v) is 7.38. The van der Waals surface area contributed by atoms with E-state index in [4.69, 9.17) is 21.1 Å². The van der Waals surface area contributed by atoms with Crippen LogP contribution in [0, 0.1) is 0 Å². The first-order chi connectivity index (χ1) is 10.2. The molecule has 21 heavy (non-hydrogen) atoms. The molecule has 0 amide bonds. The van der Waals surface area contributed by atoms with E-state index in [2.05, 4.69) is 15.3 Å². The summed E-state index contributed by atoms with van der Waals surface area (Å²) in [7, 11) is 1.58. The van der Waals surface area contributed by atoms with E-state index < -0.39 is 0 Å². The summed E-state index contributed by atoms with van der Waals surface area (Å²) in [6.07, 6.45) is 1.58. The van der Waals surface area contributed by atoms with Gasteiger partial charge in [-0.25, -0.2) is 4.68 Å². The zero-order chi connectivity index (χ0) is 15.1. The van der Waals surface area contributed by atoms with Crippen molar-refractivity contribution in [3.63, 3.8) is 0 Å².